The minimum absolute atomic E-state index is 0.0775. The van der Waals surface area contributed by atoms with E-state index in [-0.39, 0.29) is 12.8 Å². The number of hydrogen-bond acceptors (Lipinski definition) is 3. The van der Waals surface area contributed by atoms with Gasteiger partial charge in [-0.2, -0.15) is 8.42 Å². The van der Waals surface area contributed by atoms with Crippen LogP contribution in [-0.4, -0.2) is 23.6 Å². The lowest BCUT2D eigenvalue weighted by atomic mass is 9.88. The van der Waals surface area contributed by atoms with Gasteiger partial charge in [-0.1, -0.05) is 19.3 Å². The molecule has 1 fully saturated rings. The van der Waals surface area contributed by atoms with Crippen LogP contribution >= 0.6 is 0 Å². The van der Waals surface area contributed by atoms with E-state index in [4.69, 9.17) is 10.3 Å². The third kappa shape index (κ3) is 1.68. The molecule has 0 aromatic rings. The highest BCUT2D eigenvalue weighted by atomic mass is 32.2. The van der Waals surface area contributed by atoms with E-state index in [9.17, 15) is 13.2 Å². The van der Waals surface area contributed by atoms with Crippen molar-refractivity contribution in [2.75, 3.05) is 0 Å². The number of amides is 1. The molecule has 0 aromatic heterocycles. The summed E-state index contributed by atoms with van der Waals surface area (Å²) >= 11 is 0. The zero-order valence-electron chi connectivity index (χ0n) is 7.12. The van der Waals surface area contributed by atoms with Gasteiger partial charge in [-0.15, -0.1) is 0 Å². The molecule has 1 amide bonds. The first kappa shape index (κ1) is 10.5. The van der Waals surface area contributed by atoms with Crippen LogP contribution in [0.2, 0.25) is 0 Å². The van der Waals surface area contributed by atoms with Crippen molar-refractivity contribution in [2.45, 2.75) is 36.9 Å². The predicted octanol–water partition coefficient (Wildman–Crippen LogP) is 0.387. The fourth-order valence-electron chi connectivity index (χ4n) is 1.73. The normalized spacial score (nSPS) is 22.5. The maximum absolute atomic E-state index is 11.0. The van der Waals surface area contributed by atoms with Crippen molar-refractivity contribution in [1.82, 2.24) is 5.73 Å². The number of rotatable bonds is 2. The van der Waals surface area contributed by atoms with Gasteiger partial charge in [-0.3, -0.25) is 15.1 Å². The van der Waals surface area contributed by atoms with Gasteiger partial charge in [0, 0.05) is 0 Å². The van der Waals surface area contributed by atoms with Gasteiger partial charge < -0.3 is 0 Å². The number of hydrogen-bond donors (Lipinski definition) is 1. The highest BCUT2D eigenvalue weighted by Crippen LogP contribution is 2.34. The Morgan fingerprint density at radius 2 is 1.69 bits per heavy atom. The molecule has 1 aliphatic carbocycles. The smallest absolute Gasteiger partial charge is 0.279 e. The Hall–Kier alpha value is -0.620. The van der Waals surface area contributed by atoms with Gasteiger partial charge >= 0.3 is 0 Å². The van der Waals surface area contributed by atoms with Crippen LogP contribution < -0.4 is 5.73 Å². The first-order valence-electron chi connectivity index (χ1n) is 4.13. The molecule has 0 aromatic carbocycles. The molecular formula is C7H12NO4S. The van der Waals surface area contributed by atoms with E-state index in [1.807, 2.05) is 0 Å². The van der Waals surface area contributed by atoms with Gasteiger partial charge in [-0.05, 0) is 12.8 Å². The summed E-state index contributed by atoms with van der Waals surface area (Å²) in [5.74, 6) is -1.19. The molecule has 75 valence electrons. The van der Waals surface area contributed by atoms with E-state index in [2.05, 4.69) is 0 Å². The number of nitrogens with one attached hydrogen (secondary N) is 1. The lowest BCUT2D eigenvalue weighted by Gasteiger charge is -2.30. The summed E-state index contributed by atoms with van der Waals surface area (Å²) < 4.78 is 29.0. The minimum atomic E-state index is -4.42. The molecule has 13 heavy (non-hydrogen) atoms. The van der Waals surface area contributed by atoms with Crippen molar-refractivity contribution in [3.05, 3.63) is 0 Å². The van der Waals surface area contributed by atoms with Crippen molar-refractivity contribution < 1.29 is 17.8 Å². The summed E-state index contributed by atoms with van der Waals surface area (Å²) in [6.45, 7) is 0. The van der Waals surface area contributed by atoms with Crippen LogP contribution in [0.4, 0.5) is 0 Å². The Kier molecular flexibility index (Phi) is 2.63. The summed E-state index contributed by atoms with van der Waals surface area (Å²) in [5, 5.41) is 0. The molecule has 1 saturated carbocycles. The third-order valence-corrected chi connectivity index (χ3v) is 4.15. The van der Waals surface area contributed by atoms with Crippen LogP contribution in [0.3, 0.4) is 0 Å². The SMILES string of the molecule is [NH]C(=O)C1(S(=O)(=O)O)CCCCC1. The molecule has 1 radical (unpaired) electrons. The Balaban J connectivity index is 3.07. The lowest BCUT2D eigenvalue weighted by Crippen LogP contribution is -2.48. The van der Waals surface area contributed by atoms with Crippen LogP contribution in [0.15, 0.2) is 0 Å². The van der Waals surface area contributed by atoms with E-state index in [1.165, 1.54) is 0 Å². The topological polar surface area (TPSA) is 95.2 Å². The maximum Gasteiger partial charge on any atom is 0.279 e. The predicted molar refractivity (Wildman–Crippen MR) is 45.5 cm³/mol. The van der Waals surface area contributed by atoms with Crippen molar-refractivity contribution >= 4 is 16.0 Å². The van der Waals surface area contributed by atoms with Crippen molar-refractivity contribution in [3.63, 3.8) is 0 Å². The average Bonchev–Trinajstić information content (AvgIpc) is 2.03. The molecule has 2 N–H and O–H groups in total. The molecule has 0 bridgehead atoms. The van der Waals surface area contributed by atoms with E-state index in [1.54, 1.807) is 0 Å². The molecule has 0 atom stereocenters. The Morgan fingerprint density at radius 1 is 1.23 bits per heavy atom. The summed E-state index contributed by atoms with van der Waals surface area (Å²) in [5.41, 5.74) is 6.90. The average molecular weight is 206 g/mol. The maximum atomic E-state index is 11.0. The van der Waals surface area contributed by atoms with Gasteiger partial charge in [0.2, 0.25) is 0 Å². The molecule has 0 saturated heterocycles. The van der Waals surface area contributed by atoms with Crippen LogP contribution in [0.1, 0.15) is 32.1 Å². The van der Waals surface area contributed by atoms with Gasteiger partial charge in [0.1, 0.15) is 0 Å². The van der Waals surface area contributed by atoms with Gasteiger partial charge in [0.05, 0.1) is 0 Å². The summed E-state index contributed by atoms with van der Waals surface area (Å²) in [6.07, 6.45) is 2.15. The summed E-state index contributed by atoms with van der Waals surface area (Å²) in [4.78, 5) is 10.9. The minimum Gasteiger partial charge on any atom is -0.285 e. The molecule has 1 aliphatic rings. The van der Waals surface area contributed by atoms with E-state index in [0.717, 1.165) is 6.42 Å². The number of carbonyl (C=O) groups excluding carboxylic acids is 1. The second-order valence-electron chi connectivity index (χ2n) is 3.36. The first-order chi connectivity index (χ1) is 5.90. The van der Waals surface area contributed by atoms with Crippen LogP contribution in [-0.2, 0) is 14.9 Å². The highest BCUT2D eigenvalue weighted by molar-refractivity contribution is 7.88. The molecule has 0 unspecified atom stereocenters. The quantitative estimate of drug-likeness (QED) is 0.661. The molecule has 6 heteroatoms. The van der Waals surface area contributed by atoms with Crippen molar-refractivity contribution in [3.8, 4) is 0 Å². The second kappa shape index (κ2) is 3.26. The third-order valence-electron chi connectivity index (χ3n) is 2.57. The molecule has 0 heterocycles. The largest absolute Gasteiger partial charge is 0.285 e. The summed E-state index contributed by atoms with van der Waals surface area (Å²) in [6, 6.07) is 0. The molecule has 0 aliphatic heterocycles. The van der Waals surface area contributed by atoms with Crippen molar-refractivity contribution in [2.24, 2.45) is 0 Å². The van der Waals surface area contributed by atoms with Gasteiger partial charge in [-0.25, -0.2) is 0 Å². The highest BCUT2D eigenvalue weighted by Gasteiger charge is 2.49. The molecule has 0 spiro atoms. The molecule has 1 rings (SSSR count). The lowest BCUT2D eigenvalue weighted by molar-refractivity contribution is -0.122. The van der Waals surface area contributed by atoms with E-state index < -0.39 is 20.8 Å². The Bertz CT molecular complexity index is 302. The monoisotopic (exact) mass is 206 g/mol. The van der Waals surface area contributed by atoms with Crippen LogP contribution in [0.25, 0.3) is 0 Å². The van der Waals surface area contributed by atoms with Gasteiger partial charge in [0.15, 0.2) is 4.75 Å². The van der Waals surface area contributed by atoms with Gasteiger partial charge in [0.25, 0.3) is 16.0 Å². The molecule has 5 nitrogen and oxygen atoms in total. The zero-order valence-corrected chi connectivity index (χ0v) is 7.93. The fraction of sp³-hybridized carbons (Fsp3) is 0.857. The van der Waals surface area contributed by atoms with E-state index in [0.29, 0.717) is 12.8 Å². The molecular weight excluding hydrogens is 194 g/mol. The van der Waals surface area contributed by atoms with Crippen LogP contribution in [0, 0.1) is 0 Å². The Morgan fingerprint density at radius 3 is 1.92 bits per heavy atom. The number of carbonyl (C=O) groups is 1. The Labute approximate surface area is 77.1 Å². The summed E-state index contributed by atoms with van der Waals surface area (Å²) in [7, 11) is -4.42. The van der Waals surface area contributed by atoms with Crippen LogP contribution in [0.5, 0.6) is 0 Å². The fourth-order valence-corrected chi connectivity index (χ4v) is 2.76. The zero-order chi connectivity index (χ0) is 10.1. The van der Waals surface area contributed by atoms with Crippen molar-refractivity contribution in [1.29, 1.82) is 0 Å². The van der Waals surface area contributed by atoms with E-state index >= 15 is 0 Å². The second-order valence-corrected chi connectivity index (χ2v) is 5.09. The standard InChI is InChI=1S/C7H12NO4S/c8-6(9)7(13(10,11)12)4-2-1-3-5-7/h8H,1-5H2,(H,10,11,12). The first-order valence-corrected chi connectivity index (χ1v) is 5.57.